The molecule has 2 heterocycles. The zero-order valence-corrected chi connectivity index (χ0v) is 12.6. The Kier molecular flexibility index (Phi) is 3.85. The topological polar surface area (TPSA) is 61.6 Å². The molecule has 120 valence electrons. The molecule has 2 aromatic rings. The third-order valence-corrected chi connectivity index (χ3v) is 3.53. The predicted molar refractivity (Wildman–Crippen MR) is 85.2 cm³/mol. The molecule has 0 atom stereocenters. The van der Waals surface area contributed by atoms with Gasteiger partial charge in [0.1, 0.15) is 25.0 Å². The van der Waals surface area contributed by atoms with Gasteiger partial charge in [0.2, 0.25) is 0 Å². The molecule has 0 fully saturated rings. The highest BCUT2D eigenvalue weighted by Crippen LogP contribution is 2.28. The Balaban J connectivity index is 1.40. The van der Waals surface area contributed by atoms with Gasteiger partial charge in [-0.25, -0.2) is 0 Å². The molecular weight excluding hydrogens is 308 g/mol. The van der Waals surface area contributed by atoms with Crippen molar-refractivity contribution in [1.82, 2.24) is 0 Å². The van der Waals surface area contributed by atoms with Gasteiger partial charge < -0.3 is 18.9 Å². The second-order valence-electron chi connectivity index (χ2n) is 5.14. The Morgan fingerprint density at radius 1 is 0.500 bits per heavy atom. The van der Waals surface area contributed by atoms with Gasteiger partial charge in [0.25, 0.3) is 12.6 Å². The molecule has 0 aliphatic carbocycles. The van der Waals surface area contributed by atoms with E-state index in [1.165, 1.54) is 25.0 Å². The predicted octanol–water partition coefficient (Wildman–Crippen LogP) is 5.14. The Hall–Kier alpha value is -3.28. The van der Waals surface area contributed by atoms with E-state index in [1.807, 2.05) is 48.5 Å². The van der Waals surface area contributed by atoms with Crippen LogP contribution in [-0.4, -0.2) is 0 Å². The van der Waals surface area contributed by atoms with Gasteiger partial charge in [-0.15, -0.1) is 0 Å². The van der Waals surface area contributed by atoms with Crippen LogP contribution < -0.4 is 0 Å². The number of azo groups is 1. The fraction of sp³-hybridized carbons (Fsp3) is 0.111. The lowest BCUT2D eigenvalue weighted by Crippen LogP contribution is -1.96. The van der Waals surface area contributed by atoms with Crippen molar-refractivity contribution in [3.8, 4) is 0 Å². The van der Waals surface area contributed by atoms with E-state index in [-0.39, 0.29) is 12.6 Å². The zero-order chi connectivity index (χ0) is 16.2. The van der Waals surface area contributed by atoms with E-state index in [0.29, 0.717) is 0 Å². The molecule has 0 saturated carbocycles. The van der Waals surface area contributed by atoms with Crippen LogP contribution in [0.25, 0.3) is 0 Å². The van der Waals surface area contributed by atoms with E-state index in [9.17, 15) is 0 Å². The lowest BCUT2D eigenvalue weighted by atomic mass is 10.2. The highest BCUT2D eigenvalue weighted by molar-refractivity contribution is 5.42. The Bertz CT molecular complexity index is 698. The van der Waals surface area contributed by atoms with Gasteiger partial charge >= 0.3 is 0 Å². The maximum atomic E-state index is 5.28. The molecule has 4 rings (SSSR count). The van der Waals surface area contributed by atoms with Crippen molar-refractivity contribution in [3.05, 3.63) is 84.7 Å². The number of ether oxygens (including phenoxy) is 4. The van der Waals surface area contributed by atoms with Crippen LogP contribution in [0, 0.1) is 0 Å². The van der Waals surface area contributed by atoms with Crippen LogP contribution in [0.1, 0.15) is 23.7 Å². The van der Waals surface area contributed by atoms with E-state index in [0.717, 1.165) is 22.5 Å². The molecule has 0 unspecified atom stereocenters. The maximum Gasteiger partial charge on any atom is 0.266 e. The van der Waals surface area contributed by atoms with Gasteiger partial charge in [-0.05, 0) is 48.5 Å². The third-order valence-electron chi connectivity index (χ3n) is 3.53. The van der Waals surface area contributed by atoms with E-state index in [4.69, 9.17) is 18.9 Å². The van der Waals surface area contributed by atoms with Crippen molar-refractivity contribution in [2.75, 3.05) is 0 Å². The van der Waals surface area contributed by atoms with E-state index in [2.05, 4.69) is 10.2 Å². The molecule has 0 saturated heterocycles. The average Bonchev–Trinajstić information content (AvgIpc) is 3.34. The molecule has 0 bridgehead atoms. The van der Waals surface area contributed by atoms with Crippen LogP contribution in [0.4, 0.5) is 11.4 Å². The molecule has 6 nitrogen and oxygen atoms in total. The SMILES string of the molecule is C1=COC(c2ccc(N=Nc3ccc(C4OC=CO4)cc3)cc2)O1. The van der Waals surface area contributed by atoms with Gasteiger partial charge in [-0.3, -0.25) is 0 Å². The average molecular weight is 322 g/mol. The molecule has 6 heteroatoms. The molecule has 0 N–H and O–H groups in total. The van der Waals surface area contributed by atoms with Crippen LogP contribution in [0.2, 0.25) is 0 Å². The minimum absolute atomic E-state index is 0.377. The Morgan fingerprint density at radius 3 is 1.17 bits per heavy atom. The Morgan fingerprint density at radius 2 is 0.833 bits per heavy atom. The molecule has 0 radical (unpaired) electrons. The summed E-state index contributed by atoms with van der Waals surface area (Å²) in [6, 6.07) is 15.1. The van der Waals surface area contributed by atoms with Crippen molar-refractivity contribution in [2.45, 2.75) is 12.6 Å². The summed E-state index contributed by atoms with van der Waals surface area (Å²) in [6.07, 6.45) is 5.36. The largest absolute Gasteiger partial charge is 0.455 e. The van der Waals surface area contributed by atoms with E-state index >= 15 is 0 Å². The first-order valence-corrected chi connectivity index (χ1v) is 7.42. The summed E-state index contributed by atoms with van der Waals surface area (Å²) in [4.78, 5) is 0. The van der Waals surface area contributed by atoms with Crippen LogP contribution in [-0.2, 0) is 18.9 Å². The first kappa shape index (κ1) is 14.3. The monoisotopic (exact) mass is 322 g/mol. The highest BCUT2D eigenvalue weighted by atomic mass is 16.7. The maximum absolute atomic E-state index is 5.28. The fourth-order valence-electron chi connectivity index (χ4n) is 2.30. The molecule has 0 spiro atoms. The minimum atomic E-state index is -0.377. The minimum Gasteiger partial charge on any atom is -0.455 e. The third kappa shape index (κ3) is 3.08. The summed E-state index contributed by atoms with van der Waals surface area (Å²) in [6.45, 7) is 0. The molecular formula is C18H14N2O4. The van der Waals surface area contributed by atoms with Gasteiger partial charge in [-0.2, -0.15) is 10.2 Å². The van der Waals surface area contributed by atoms with Crippen molar-refractivity contribution in [3.63, 3.8) is 0 Å². The summed E-state index contributed by atoms with van der Waals surface area (Å²) in [5.74, 6) is 0. The number of benzene rings is 2. The van der Waals surface area contributed by atoms with Crippen molar-refractivity contribution >= 4 is 11.4 Å². The summed E-state index contributed by atoms with van der Waals surface area (Å²) in [5, 5.41) is 8.45. The smallest absolute Gasteiger partial charge is 0.266 e. The molecule has 0 amide bonds. The first-order chi connectivity index (χ1) is 11.9. The normalized spacial score (nSPS) is 16.8. The van der Waals surface area contributed by atoms with Crippen molar-refractivity contribution in [1.29, 1.82) is 0 Å². The molecule has 2 aromatic carbocycles. The lowest BCUT2D eigenvalue weighted by Gasteiger charge is -2.10. The number of hydrogen-bond donors (Lipinski definition) is 0. The summed E-state index contributed by atoms with van der Waals surface area (Å²) < 4.78 is 21.1. The van der Waals surface area contributed by atoms with Gasteiger partial charge in [0.15, 0.2) is 0 Å². The summed E-state index contributed by atoms with van der Waals surface area (Å²) in [7, 11) is 0. The standard InChI is InChI=1S/C18H14N2O4/c1-5-15(6-2-13(1)17-21-9-10-22-17)19-20-16-7-3-14(4-8-16)18-23-11-12-24-18/h1-12,17-18H. The molecule has 2 aliphatic rings. The lowest BCUT2D eigenvalue weighted by molar-refractivity contribution is -0.0248. The Labute approximate surface area is 138 Å². The van der Waals surface area contributed by atoms with Crippen molar-refractivity contribution in [2.24, 2.45) is 10.2 Å². The first-order valence-electron chi connectivity index (χ1n) is 7.42. The number of hydrogen-bond acceptors (Lipinski definition) is 6. The highest BCUT2D eigenvalue weighted by Gasteiger charge is 2.15. The van der Waals surface area contributed by atoms with E-state index < -0.39 is 0 Å². The van der Waals surface area contributed by atoms with Gasteiger partial charge in [0, 0.05) is 11.1 Å². The van der Waals surface area contributed by atoms with Crippen LogP contribution in [0.3, 0.4) is 0 Å². The quantitative estimate of drug-likeness (QED) is 0.732. The number of rotatable bonds is 4. The molecule has 2 aliphatic heterocycles. The zero-order valence-electron chi connectivity index (χ0n) is 12.6. The fourth-order valence-corrected chi connectivity index (χ4v) is 2.30. The van der Waals surface area contributed by atoms with Crippen LogP contribution >= 0.6 is 0 Å². The van der Waals surface area contributed by atoms with Crippen LogP contribution in [0.5, 0.6) is 0 Å². The van der Waals surface area contributed by atoms with Gasteiger partial charge in [-0.1, -0.05) is 0 Å². The molecule has 0 aromatic heterocycles. The van der Waals surface area contributed by atoms with Crippen LogP contribution in [0.15, 0.2) is 83.8 Å². The second kappa shape index (κ2) is 6.45. The molecule has 24 heavy (non-hydrogen) atoms. The van der Waals surface area contributed by atoms with Gasteiger partial charge in [0.05, 0.1) is 11.4 Å². The summed E-state index contributed by atoms with van der Waals surface area (Å²) >= 11 is 0. The summed E-state index contributed by atoms with van der Waals surface area (Å²) in [5.41, 5.74) is 3.35. The second-order valence-corrected chi connectivity index (χ2v) is 5.14. The van der Waals surface area contributed by atoms with E-state index in [1.54, 1.807) is 0 Å². The van der Waals surface area contributed by atoms with Crippen molar-refractivity contribution < 1.29 is 18.9 Å². The number of nitrogens with zero attached hydrogens (tertiary/aromatic N) is 2.